The van der Waals surface area contributed by atoms with E-state index in [9.17, 15) is 13.5 Å². The molecule has 1 aromatic carbocycles. The molecule has 1 heterocycles. The second-order valence-corrected chi connectivity index (χ2v) is 7.51. The van der Waals surface area contributed by atoms with Gasteiger partial charge >= 0.3 is 0 Å². The second kappa shape index (κ2) is 6.64. The molecule has 2 atom stereocenters. The van der Waals surface area contributed by atoms with Gasteiger partial charge in [0.1, 0.15) is 12.4 Å². The molecule has 3 N–H and O–H groups in total. The molecule has 7 heteroatoms. The third kappa shape index (κ3) is 4.33. The number of sulfonamides is 1. The first kappa shape index (κ1) is 16.1. The average Bonchev–Trinajstić information content (AvgIpc) is 2.44. The van der Waals surface area contributed by atoms with Crippen LogP contribution in [0.15, 0.2) is 24.3 Å². The van der Waals surface area contributed by atoms with E-state index in [0.717, 1.165) is 0 Å². The largest absolute Gasteiger partial charge is 0.492 e. The molecular weight excluding hydrogens is 292 g/mol. The van der Waals surface area contributed by atoms with Crippen molar-refractivity contribution in [2.45, 2.75) is 19.4 Å². The van der Waals surface area contributed by atoms with Crippen molar-refractivity contribution in [3.63, 3.8) is 0 Å². The zero-order valence-electron chi connectivity index (χ0n) is 12.1. The predicted molar refractivity (Wildman–Crippen MR) is 81.5 cm³/mol. The van der Waals surface area contributed by atoms with Crippen molar-refractivity contribution >= 4 is 15.7 Å². The molecule has 6 nitrogen and oxygen atoms in total. The number of hydrogen-bond acceptors (Lipinski definition) is 5. The Bertz CT molecular complexity index is 559. The third-order valence-corrected chi connectivity index (χ3v) is 5.57. The summed E-state index contributed by atoms with van der Waals surface area (Å²) in [7, 11) is -3.39. The fraction of sp³-hybridized carbons (Fsp3) is 0.571. The minimum Gasteiger partial charge on any atom is -0.492 e. The predicted octanol–water partition coefficient (Wildman–Crippen LogP) is 0.680. The Balaban J connectivity index is 1.85. The summed E-state index contributed by atoms with van der Waals surface area (Å²) in [4.78, 5) is 0. The number of aliphatic hydroxyl groups is 1. The Morgan fingerprint density at radius 1 is 1.38 bits per heavy atom. The van der Waals surface area contributed by atoms with Crippen molar-refractivity contribution in [3.8, 4) is 5.75 Å². The van der Waals surface area contributed by atoms with Crippen LogP contribution in [0.5, 0.6) is 5.75 Å². The van der Waals surface area contributed by atoms with Gasteiger partial charge in [-0.3, -0.25) is 0 Å². The maximum atomic E-state index is 12.2. The van der Waals surface area contributed by atoms with Crippen molar-refractivity contribution < 1.29 is 18.3 Å². The summed E-state index contributed by atoms with van der Waals surface area (Å²) < 4.78 is 31.2. The summed E-state index contributed by atoms with van der Waals surface area (Å²) in [5.74, 6) is 0.632. The lowest BCUT2D eigenvalue weighted by Crippen LogP contribution is -2.47. The quantitative estimate of drug-likeness (QED) is 0.780. The van der Waals surface area contributed by atoms with E-state index >= 15 is 0 Å². The number of benzene rings is 1. The number of β-amino-alcohol motifs (C(OH)–C–C–N with tert-alkyl or cyclic N) is 1. The van der Waals surface area contributed by atoms with Crippen LogP contribution in [0, 0.1) is 5.92 Å². The van der Waals surface area contributed by atoms with Gasteiger partial charge < -0.3 is 15.6 Å². The summed E-state index contributed by atoms with van der Waals surface area (Å²) in [6.07, 6.45) is 0.0886. The number of piperidine rings is 1. The number of rotatable bonds is 5. The lowest BCUT2D eigenvalue weighted by atomic mass is 9.98. The van der Waals surface area contributed by atoms with E-state index in [0.29, 0.717) is 24.4 Å². The molecule has 1 aliphatic heterocycles. The van der Waals surface area contributed by atoms with E-state index in [1.165, 1.54) is 4.31 Å². The highest BCUT2D eigenvalue weighted by Gasteiger charge is 2.31. The van der Waals surface area contributed by atoms with Crippen LogP contribution in [0.4, 0.5) is 5.69 Å². The molecule has 0 spiro atoms. The summed E-state index contributed by atoms with van der Waals surface area (Å²) in [6.45, 7) is 2.64. The van der Waals surface area contributed by atoms with Crippen molar-refractivity contribution in [1.82, 2.24) is 4.31 Å². The Morgan fingerprint density at radius 3 is 2.67 bits per heavy atom. The van der Waals surface area contributed by atoms with Gasteiger partial charge in [0.15, 0.2) is 0 Å². The Labute approximate surface area is 125 Å². The van der Waals surface area contributed by atoms with Crippen LogP contribution in [0.1, 0.15) is 13.3 Å². The lowest BCUT2D eigenvalue weighted by Gasteiger charge is -2.33. The minimum atomic E-state index is -3.39. The number of nitrogens with two attached hydrogens (primary N) is 1. The molecule has 0 saturated carbocycles. The molecule has 0 radical (unpaired) electrons. The van der Waals surface area contributed by atoms with Gasteiger partial charge in [0, 0.05) is 18.8 Å². The summed E-state index contributed by atoms with van der Waals surface area (Å²) >= 11 is 0. The summed E-state index contributed by atoms with van der Waals surface area (Å²) in [5.41, 5.74) is 6.20. The topological polar surface area (TPSA) is 92.9 Å². The van der Waals surface area contributed by atoms with Gasteiger partial charge in [-0.1, -0.05) is 6.92 Å². The monoisotopic (exact) mass is 314 g/mol. The minimum absolute atomic E-state index is 0.0778. The maximum absolute atomic E-state index is 12.2. The number of anilines is 1. The lowest BCUT2D eigenvalue weighted by molar-refractivity contribution is 0.0604. The molecule has 1 aromatic rings. The molecule has 1 aliphatic rings. The highest BCUT2D eigenvalue weighted by atomic mass is 32.2. The smallest absolute Gasteiger partial charge is 0.217 e. The molecule has 0 aliphatic carbocycles. The zero-order valence-corrected chi connectivity index (χ0v) is 12.9. The fourth-order valence-corrected chi connectivity index (χ4v) is 3.55. The average molecular weight is 314 g/mol. The van der Waals surface area contributed by atoms with Crippen LogP contribution in [-0.4, -0.2) is 49.4 Å². The Kier molecular flexibility index (Phi) is 5.08. The number of hydrogen-bond donors (Lipinski definition) is 2. The zero-order chi connectivity index (χ0) is 15.5. The van der Waals surface area contributed by atoms with Crippen LogP contribution in [0.25, 0.3) is 0 Å². The number of nitrogens with zero attached hydrogens (tertiary/aromatic N) is 1. The van der Waals surface area contributed by atoms with E-state index < -0.39 is 16.1 Å². The maximum Gasteiger partial charge on any atom is 0.217 e. The van der Waals surface area contributed by atoms with Gasteiger partial charge in [-0.25, -0.2) is 8.42 Å². The van der Waals surface area contributed by atoms with Gasteiger partial charge in [0.25, 0.3) is 0 Å². The molecule has 1 saturated heterocycles. The highest BCUT2D eigenvalue weighted by molar-refractivity contribution is 7.89. The van der Waals surface area contributed by atoms with Crippen LogP contribution in [-0.2, 0) is 10.0 Å². The van der Waals surface area contributed by atoms with E-state index in [4.69, 9.17) is 10.5 Å². The molecule has 0 bridgehead atoms. The Hall–Kier alpha value is -1.31. The van der Waals surface area contributed by atoms with Crippen LogP contribution in [0.2, 0.25) is 0 Å². The van der Waals surface area contributed by atoms with Gasteiger partial charge in [-0.2, -0.15) is 4.31 Å². The van der Waals surface area contributed by atoms with Gasteiger partial charge in [-0.05, 0) is 36.6 Å². The van der Waals surface area contributed by atoms with Crippen LogP contribution in [0.3, 0.4) is 0 Å². The SMILES string of the molecule is CC1CCN(S(=O)(=O)CCOc2ccc(N)cc2)CC1O. The standard InChI is InChI=1S/C14H22N2O4S/c1-11-6-7-16(10-14(11)17)21(18,19)9-8-20-13-4-2-12(15)3-5-13/h2-5,11,14,17H,6-10,15H2,1H3. The molecule has 0 aromatic heterocycles. The highest BCUT2D eigenvalue weighted by Crippen LogP contribution is 2.20. The van der Waals surface area contributed by atoms with Crippen molar-refractivity contribution in [2.24, 2.45) is 5.92 Å². The molecule has 21 heavy (non-hydrogen) atoms. The van der Waals surface area contributed by atoms with E-state index in [2.05, 4.69) is 0 Å². The van der Waals surface area contributed by atoms with Gasteiger partial charge in [0.2, 0.25) is 10.0 Å². The van der Waals surface area contributed by atoms with Crippen molar-refractivity contribution in [3.05, 3.63) is 24.3 Å². The van der Waals surface area contributed by atoms with Gasteiger partial charge in [-0.15, -0.1) is 0 Å². The fourth-order valence-electron chi connectivity index (χ4n) is 2.23. The molecule has 2 rings (SSSR count). The van der Waals surface area contributed by atoms with E-state index in [1.807, 2.05) is 6.92 Å². The molecule has 118 valence electrons. The first-order valence-corrected chi connectivity index (χ1v) is 8.63. The second-order valence-electron chi connectivity index (χ2n) is 5.42. The van der Waals surface area contributed by atoms with Crippen molar-refractivity contribution in [2.75, 3.05) is 31.2 Å². The first-order chi connectivity index (χ1) is 9.88. The van der Waals surface area contributed by atoms with E-state index in [-0.39, 0.29) is 24.8 Å². The molecule has 1 fully saturated rings. The Morgan fingerprint density at radius 2 is 2.05 bits per heavy atom. The van der Waals surface area contributed by atoms with Crippen LogP contribution < -0.4 is 10.5 Å². The van der Waals surface area contributed by atoms with Gasteiger partial charge in [0.05, 0.1) is 11.9 Å². The summed E-state index contributed by atoms with van der Waals surface area (Å²) in [6, 6.07) is 6.81. The van der Waals surface area contributed by atoms with Crippen LogP contribution >= 0.6 is 0 Å². The number of aliphatic hydroxyl groups excluding tert-OH is 1. The normalized spacial score (nSPS) is 23.9. The summed E-state index contributed by atoms with van der Waals surface area (Å²) in [5, 5.41) is 9.79. The molecule has 2 unspecified atom stereocenters. The molecule has 0 amide bonds. The number of nitrogen functional groups attached to an aromatic ring is 1. The third-order valence-electron chi connectivity index (χ3n) is 3.76. The van der Waals surface area contributed by atoms with E-state index in [1.54, 1.807) is 24.3 Å². The first-order valence-electron chi connectivity index (χ1n) is 7.03. The number of ether oxygens (including phenoxy) is 1. The van der Waals surface area contributed by atoms with Crippen molar-refractivity contribution in [1.29, 1.82) is 0 Å². The molecular formula is C14H22N2O4S.